The van der Waals surface area contributed by atoms with Gasteiger partial charge >= 0.3 is 0 Å². The Hall–Kier alpha value is -4.21. The molecule has 156 valence electrons. The van der Waals surface area contributed by atoms with Gasteiger partial charge in [-0.3, -0.25) is 14.2 Å². The van der Waals surface area contributed by atoms with Crippen molar-refractivity contribution in [2.24, 2.45) is 0 Å². The number of hydrogen-bond donors (Lipinski definition) is 1. The smallest absolute Gasteiger partial charge is 0.274 e. The highest BCUT2D eigenvalue weighted by atomic mass is 19.1. The molecular formula is C21H13F3N4O3. The first-order valence-corrected chi connectivity index (χ1v) is 8.95. The Balaban J connectivity index is 1.61. The second-order valence-electron chi connectivity index (χ2n) is 6.44. The predicted octanol–water partition coefficient (Wildman–Crippen LogP) is 3.62. The van der Waals surface area contributed by atoms with Crippen LogP contribution in [-0.4, -0.2) is 20.6 Å². The third kappa shape index (κ3) is 4.37. The van der Waals surface area contributed by atoms with Crippen molar-refractivity contribution in [3.05, 3.63) is 88.5 Å². The van der Waals surface area contributed by atoms with Gasteiger partial charge in [0.25, 0.3) is 11.4 Å². The van der Waals surface area contributed by atoms with Crippen LogP contribution in [0.4, 0.5) is 18.9 Å². The summed E-state index contributed by atoms with van der Waals surface area (Å²) in [7, 11) is 0. The van der Waals surface area contributed by atoms with E-state index in [1.165, 1.54) is 42.5 Å². The number of pyridine rings is 1. The predicted molar refractivity (Wildman–Crippen MR) is 104 cm³/mol. The van der Waals surface area contributed by atoms with Crippen LogP contribution in [0.25, 0.3) is 23.0 Å². The van der Waals surface area contributed by atoms with Crippen molar-refractivity contribution in [3.63, 3.8) is 0 Å². The van der Waals surface area contributed by atoms with Crippen LogP contribution < -0.4 is 10.9 Å². The standard InChI is InChI=1S/C21H13F3N4O3/c22-13-6-4-12(5-7-13)20-26-21(31-27-20)17-2-1-3-19(30)28(17)11-18(29)25-16-9-8-14(23)10-15(16)24/h1-10H,11H2,(H,25,29). The number of rotatable bonds is 5. The highest BCUT2D eigenvalue weighted by Crippen LogP contribution is 2.22. The van der Waals surface area contributed by atoms with E-state index >= 15 is 0 Å². The summed E-state index contributed by atoms with van der Waals surface area (Å²) in [6, 6.07) is 12.3. The molecule has 10 heteroatoms. The lowest BCUT2D eigenvalue weighted by molar-refractivity contribution is -0.116. The Morgan fingerprint density at radius 2 is 1.74 bits per heavy atom. The van der Waals surface area contributed by atoms with Crippen molar-refractivity contribution in [1.29, 1.82) is 0 Å². The van der Waals surface area contributed by atoms with Gasteiger partial charge in [0.15, 0.2) is 0 Å². The molecule has 0 saturated heterocycles. The summed E-state index contributed by atoms with van der Waals surface area (Å²) in [4.78, 5) is 28.9. The molecule has 0 saturated carbocycles. The Kier molecular flexibility index (Phi) is 5.35. The maximum atomic E-state index is 13.8. The maximum Gasteiger partial charge on any atom is 0.274 e. The molecule has 1 amide bonds. The average molecular weight is 426 g/mol. The topological polar surface area (TPSA) is 90.0 Å². The van der Waals surface area contributed by atoms with Gasteiger partial charge in [0.2, 0.25) is 11.7 Å². The number of benzene rings is 2. The number of carbonyl (C=O) groups is 1. The lowest BCUT2D eigenvalue weighted by atomic mass is 10.2. The van der Waals surface area contributed by atoms with E-state index in [1.54, 1.807) is 0 Å². The van der Waals surface area contributed by atoms with E-state index in [-0.39, 0.29) is 23.1 Å². The van der Waals surface area contributed by atoms with Gasteiger partial charge in [-0.2, -0.15) is 4.98 Å². The molecule has 0 aliphatic rings. The van der Waals surface area contributed by atoms with Crippen molar-refractivity contribution in [3.8, 4) is 23.0 Å². The summed E-state index contributed by atoms with van der Waals surface area (Å²) < 4.78 is 46.2. The molecule has 1 N–H and O–H groups in total. The van der Waals surface area contributed by atoms with E-state index in [0.29, 0.717) is 11.6 Å². The molecule has 0 spiro atoms. The number of nitrogens with one attached hydrogen (secondary N) is 1. The molecule has 0 aliphatic carbocycles. The zero-order valence-electron chi connectivity index (χ0n) is 15.7. The summed E-state index contributed by atoms with van der Waals surface area (Å²) in [5.74, 6) is -2.76. The normalized spacial score (nSPS) is 10.8. The lowest BCUT2D eigenvalue weighted by Crippen LogP contribution is -2.28. The van der Waals surface area contributed by atoms with Crippen molar-refractivity contribution in [2.45, 2.75) is 6.54 Å². The van der Waals surface area contributed by atoms with Gasteiger partial charge in [-0.25, -0.2) is 13.2 Å². The summed E-state index contributed by atoms with van der Waals surface area (Å²) in [6.45, 7) is -0.486. The SMILES string of the molecule is O=C(Cn1c(-c2nc(-c3ccc(F)cc3)no2)cccc1=O)Nc1ccc(F)cc1F. The highest BCUT2D eigenvalue weighted by molar-refractivity contribution is 5.90. The minimum Gasteiger partial charge on any atom is -0.332 e. The molecule has 0 unspecified atom stereocenters. The summed E-state index contributed by atoms with van der Waals surface area (Å²) in [5, 5.41) is 6.11. The second-order valence-corrected chi connectivity index (χ2v) is 6.44. The minimum absolute atomic E-state index is 0.0437. The van der Waals surface area contributed by atoms with Crippen molar-refractivity contribution >= 4 is 11.6 Å². The van der Waals surface area contributed by atoms with Crippen molar-refractivity contribution in [1.82, 2.24) is 14.7 Å². The molecule has 0 bridgehead atoms. The molecule has 0 fully saturated rings. The van der Waals surface area contributed by atoms with Gasteiger partial charge < -0.3 is 9.84 Å². The van der Waals surface area contributed by atoms with Gasteiger partial charge in [0.05, 0.1) is 5.69 Å². The fraction of sp³-hybridized carbons (Fsp3) is 0.0476. The van der Waals surface area contributed by atoms with Gasteiger partial charge in [-0.1, -0.05) is 11.2 Å². The Morgan fingerprint density at radius 3 is 2.48 bits per heavy atom. The number of halogens is 3. The van der Waals surface area contributed by atoms with E-state index in [2.05, 4.69) is 15.5 Å². The van der Waals surface area contributed by atoms with E-state index in [4.69, 9.17) is 4.52 Å². The molecule has 2 aromatic heterocycles. The lowest BCUT2D eigenvalue weighted by Gasteiger charge is -2.11. The fourth-order valence-corrected chi connectivity index (χ4v) is 2.84. The van der Waals surface area contributed by atoms with Crippen LogP contribution in [0.2, 0.25) is 0 Å². The van der Waals surface area contributed by atoms with Gasteiger partial charge in [0.1, 0.15) is 29.7 Å². The highest BCUT2D eigenvalue weighted by Gasteiger charge is 2.17. The third-order valence-electron chi connectivity index (χ3n) is 4.30. The van der Waals surface area contributed by atoms with E-state index in [0.717, 1.165) is 16.7 Å². The number of hydrogen-bond acceptors (Lipinski definition) is 5. The summed E-state index contributed by atoms with van der Waals surface area (Å²) in [5.41, 5.74) is -0.115. The monoisotopic (exact) mass is 426 g/mol. The van der Waals surface area contributed by atoms with Crippen LogP contribution in [0.15, 0.2) is 70.0 Å². The Morgan fingerprint density at radius 1 is 1.00 bits per heavy atom. The van der Waals surface area contributed by atoms with Crippen molar-refractivity contribution in [2.75, 3.05) is 5.32 Å². The van der Waals surface area contributed by atoms with Crippen LogP contribution in [0.5, 0.6) is 0 Å². The molecule has 0 radical (unpaired) electrons. The molecule has 2 heterocycles. The quantitative estimate of drug-likeness (QED) is 0.527. The number of aromatic nitrogens is 3. The molecule has 0 aliphatic heterocycles. The van der Waals surface area contributed by atoms with Crippen LogP contribution in [0.3, 0.4) is 0 Å². The van der Waals surface area contributed by atoms with E-state index in [1.807, 2.05) is 0 Å². The van der Waals surface area contributed by atoms with E-state index < -0.39 is 35.5 Å². The Bertz CT molecular complexity index is 1320. The summed E-state index contributed by atoms with van der Waals surface area (Å²) >= 11 is 0. The second kappa shape index (κ2) is 8.27. The zero-order valence-corrected chi connectivity index (χ0v) is 15.7. The molecule has 4 rings (SSSR count). The number of amides is 1. The Labute approximate surface area is 172 Å². The molecule has 7 nitrogen and oxygen atoms in total. The van der Waals surface area contributed by atoms with Gasteiger partial charge in [-0.15, -0.1) is 0 Å². The van der Waals surface area contributed by atoms with Crippen LogP contribution in [-0.2, 0) is 11.3 Å². The van der Waals surface area contributed by atoms with Crippen molar-refractivity contribution < 1.29 is 22.5 Å². The maximum absolute atomic E-state index is 13.8. The number of nitrogens with zero attached hydrogens (tertiary/aromatic N) is 3. The first kappa shape index (κ1) is 20.1. The number of carbonyl (C=O) groups excluding carboxylic acids is 1. The molecule has 0 atom stereocenters. The molecule has 31 heavy (non-hydrogen) atoms. The first-order chi connectivity index (χ1) is 14.9. The van der Waals surface area contributed by atoms with E-state index in [9.17, 15) is 22.8 Å². The fourth-order valence-electron chi connectivity index (χ4n) is 2.84. The zero-order chi connectivity index (χ0) is 22.0. The average Bonchev–Trinajstić information content (AvgIpc) is 3.22. The summed E-state index contributed by atoms with van der Waals surface area (Å²) in [6.07, 6.45) is 0. The first-order valence-electron chi connectivity index (χ1n) is 8.95. The van der Waals surface area contributed by atoms with Crippen LogP contribution >= 0.6 is 0 Å². The largest absolute Gasteiger partial charge is 0.332 e. The van der Waals surface area contributed by atoms with Gasteiger partial charge in [-0.05, 0) is 42.5 Å². The molecular weight excluding hydrogens is 413 g/mol. The molecule has 4 aromatic rings. The minimum atomic E-state index is -0.949. The number of anilines is 1. The van der Waals surface area contributed by atoms with Crippen LogP contribution in [0, 0.1) is 17.5 Å². The third-order valence-corrected chi connectivity index (χ3v) is 4.30. The van der Waals surface area contributed by atoms with Gasteiger partial charge in [0, 0.05) is 17.7 Å². The van der Waals surface area contributed by atoms with Crippen LogP contribution in [0.1, 0.15) is 0 Å². The molecule has 2 aromatic carbocycles.